The van der Waals surface area contributed by atoms with Crippen LogP contribution in [0.15, 0.2) is 66.7 Å². The molecule has 7 heteroatoms. The summed E-state index contributed by atoms with van der Waals surface area (Å²) < 4.78 is 10.6. The van der Waals surface area contributed by atoms with Gasteiger partial charge in [-0.1, -0.05) is 41.9 Å². The molecule has 0 saturated carbocycles. The van der Waals surface area contributed by atoms with Crippen molar-refractivity contribution in [3.63, 3.8) is 0 Å². The van der Waals surface area contributed by atoms with Gasteiger partial charge in [0.05, 0.1) is 12.1 Å². The largest absolute Gasteiger partial charge is 0.454 e. The van der Waals surface area contributed by atoms with Crippen LogP contribution in [0.3, 0.4) is 0 Å². The number of ketones is 1. The predicted molar refractivity (Wildman–Crippen MR) is 119 cm³/mol. The van der Waals surface area contributed by atoms with Crippen LogP contribution in [-0.2, 0) is 16.8 Å². The maximum atomic E-state index is 13.4. The number of amides is 1. The fourth-order valence-corrected chi connectivity index (χ4v) is 4.38. The Balaban J connectivity index is 1.44. The zero-order valence-electron chi connectivity index (χ0n) is 17.1. The first-order valence-corrected chi connectivity index (χ1v) is 10.6. The van der Waals surface area contributed by atoms with Crippen molar-refractivity contribution in [3.05, 3.63) is 88.4 Å². The third-order valence-electron chi connectivity index (χ3n) is 5.87. The number of carbonyl (C=O) groups is 2. The minimum Gasteiger partial charge on any atom is -0.454 e. The number of Topliss-reactive ketones (excluding diaryl/α,β-unsaturated/α-hetero) is 1. The summed E-state index contributed by atoms with van der Waals surface area (Å²) in [5, 5.41) is 11.9. The lowest BCUT2D eigenvalue weighted by Gasteiger charge is -2.23. The second kappa shape index (κ2) is 7.97. The Morgan fingerprint density at radius 3 is 2.62 bits per heavy atom. The summed E-state index contributed by atoms with van der Waals surface area (Å²) in [6.45, 7) is 0.468. The average molecular weight is 450 g/mol. The van der Waals surface area contributed by atoms with E-state index in [-0.39, 0.29) is 12.6 Å². The van der Waals surface area contributed by atoms with Crippen molar-refractivity contribution in [2.75, 3.05) is 18.2 Å². The van der Waals surface area contributed by atoms with Gasteiger partial charge in [0.1, 0.15) is 0 Å². The number of fused-ring (bicyclic) bond motifs is 2. The highest BCUT2D eigenvalue weighted by Gasteiger charge is 2.51. The smallest absolute Gasteiger partial charge is 0.264 e. The Hall–Kier alpha value is -3.35. The van der Waals surface area contributed by atoms with E-state index in [0.29, 0.717) is 46.3 Å². The normalized spacial score (nSPS) is 18.7. The summed E-state index contributed by atoms with van der Waals surface area (Å²) in [5.41, 5.74) is 0.322. The fourth-order valence-electron chi connectivity index (χ4n) is 4.21. The molecule has 2 aliphatic rings. The van der Waals surface area contributed by atoms with Crippen molar-refractivity contribution in [2.24, 2.45) is 0 Å². The number of aliphatic hydroxyl groups is 1. The standard InChI is InChI=1S/C25H20ClNO5/c26-18-7-8-20-19(13-18)25(30,24(29)27(20)11-10-16-4-2-1-3-5-16)14-21(28)17-6-9-22-23(12-17)32-15-31-22/h1-9,12-13,30H,10-11,14-15H2. The summed E-state index contributed by atoms with van der Waals surface area (Å²) in [6, 6.07) is 19.5. The quantitative estimate of drug-likeness (QED) is 0.573. The van der Waals surface area contributed by atoms with Crippen LogP contribution in [0.1, 0.15) is 27.9 Å². The van der Waals surface area contributed by atoms with E-state index in [1.165, 1.54) is 4.90 Å². The molecule has 0 bridgehead atoms. The number of anilines is 1. The van der Waals surface area contributed by atoms with Crippen LogP contribution >= 0.6 is 11.6 Å². The molecule has 3 aromatic carbocycles. The van der Waals surface area contributed by atoms with Crippen molar-refractivity contribution >= 4 is 29.0 Å². The molecule has 1 unspecified atom stereocenters. The van der Waals surface area contributed by atoms with Gasteiger partial charge in [0.15, 0.2) is 22.9 Å². The molecule has 0 aromatic heterocycles. The van der Waals surface area contributed by atoms with Gasteiger partial charge in [-0.15, -0.1) is 0 Å². The van der Waals surface area contributed by atoms with E-state index in [9.17, 15) is 14.7 Å². The van der Waals surface area contributed by atoms with Gasteiger partial charge < -0.3 is 19.5 Å². The van der Waals surface area contributed by atoms with Crippen molar-refractivity contribution in [1.82, 2.24) is 0 Å². The third-order valence-corrected chi connectivity index (χ3v) is 6.11. The second-order valence-corrected chi connectivity index (χ2v) is 8.32. The lowest BCUT2D eigenvalue weighted by Crippen LogP contribution is -2.42. The van der Waals surface area contributed by atoms with Crippen LogP contribution in [0.2, 0.25) is 5.02 Å². The van der Waals surface area contributed by atoms with Crippen LogP contribution in [0.5, 0.6) is 11.5 Å². The minimum atomic E-state index is -2.00. The van der Waals surface area contributed by atoms with Crippen LogP contribution in [0, 0.1) is 0 Å². The zero-order valence-corrected chi connectivity index (χ0v) is 17.8. The van der Waals surface area contributed by atoms with E-state index < -0.39 is 17.9 Å². The van der Waals surface area contributed by atoms with Gasteiger partial charge in [0.2, 0.25) is 6.79 Å². The molecule has 32 heavy (non-hydrogen) atoms. The first-order chi connectivity index (χ1) is 15.5. The number of carbonyl (C=O) groups excluding carboxylic acids is 2. The number of halogens is 1. The number of hydrogen-bond donors (Lipinski definition) is 1. The highest BCUT2D eigenvalue weighted by atomic mass is 35.5. The Morgan fingerprint density at radius 1 is 1.03 bits per heavy atom. The lowest BCUT2D eigenvalue weighted by molar-refractivity contribution is -0.135. The second-order valence-electron chi connectivity index (χ2n) is 7.88. The molecule has 1 N–H and O–H groups in total. The van der Waals surface area contributed by atoms with E-state index >= 15 is 0 Å². The molecule has 0 fully saturated rings. The predicted octanol–water partition coefficient (Wildman–Crippen LogP) is 4.12. The van der Waals surface area contributed by atoms with Crippen molar-refractivity contribution in [3.8, 4) is 11.5 Å². The molecule has 6 nitrogen and oxygen atoms in total. The van der Waals surface area contributed by atoms with Crippen LogP contribution in [0.4, 0.5) is 5.69 Å². The first-order valence-electron chi connectivity index (χ1n) is 10.3. The zero-order chi connectivity index (χ0) is 22.3. The van der Waals surface area contributed by atoms with Gasteiger partial charge in [0.25, 0.3) is 5.91 Å². The van der Waals surface area contributed by atoms with Gasteiger partial charge in [-0.05, 0) is 48.4 Å². The Labute approximate surface area is 189 Å². The molecule has 2 aliphatic heterocycles. The van der Waals surface area contributed by atoms with Crippen molar-refractivity contribution in [1.29, 1.82) is 0 Å². The van der Waals surface area contributed by atoms with E-state index in [1.54, 1.807) is 36.4 Å². The van der Waals surface area contributed by atoms with E-state index in [4.69, 9.17) is 21.1 Å². The topological polar surface area (TPSA) is 76.1 Å². The molecule has 0 spiro atoms. The third kappa shape index (κ3) is 3.51. The monoisotopic (exact) mass is 449 g/mol. The molecule has 0 saturated heterocycles. The molecule has 5 rings (SSSR count). The molecule has 3 aromatic rings. The highest BCUT2D eigenvalue weighted by Crippen LogP contribution is 2.44. The Bertz CT molecular complexity index is 1210. The van der Waals surface area contributed by atoms with E-state index in [2.05, 4.69) is 0 Å². The Morgan fingerprint density at radius 2 is 1.81 bits per heavy atom. The summed E-state index contributed by atoms with van der Waals surface area (Å²) in [7, 11) is 0. The maximum absolute atomic E-state index is 13.4. The SMILES string of the molecule is O=C(CC1(O)C(=O)N(CCc2ccccc2)c2ccc(Cl)cc21)c1ccc2c(c1)OCO2. The molecule has 162 valence electrons. The maximum Gasteiger partial charge on any atom is 0.264 e. The molecular formula is C25H20ClNO5. The van der Waals surface area contributed by atoms with Gasteiger partial charge >= 0.3 is 0 Å². The van der Waals surface area contributed by atoms with Crippen molar-refractivity contribution < 1.29 is 24.2 Å². The van der Waals surface area contributed by atoms with Gasteiger partial charge in [-0.3, -0.25) is 9.59 Å². The number of rotatable bonds is 6. The van der Waals surface area contributed by atoms with Crippen LogP contribution in [0.25, 0.3) is 0 Å². The average Bonchev–Trinajstić information content (AvgIpc) is 3.34. The van der Waals surface area contributed by atoms with E-state index in [1.807, 2.05) is 30.3 Å². The van der Waals surface area contributed by atoms with E-state index in [0.717, 1.165) is 5.56 Å². The molecule has 1 amide bonds. The minimum absolute atomic E-state index is 0.0949. The summed E-state index contributed by atoms with van der Waals surface area (Å²) in [6.07, 6.45) is 0.210. The molecule has 0 aliphatic carbocycles. The number of benzene rings is 3. The van der Waals surface area contributed by atoms with Gasteiger partial charge in [0, 0.05) is 22.7 Å². The molecule has 2 heterocycles. The van der Waals surface area contributed by atoms with Gasteiger partial charge in [-0.2, -0.15) is 0 Å². The summed E-state index contributed by atoms with van der Waals surface area (Å²) >= 11 is 6.18. The lowest BCUT2D eigenvalue weighted by atomic mass is 9.88. The summed E-state index contributed by atoms with van der Waals surface area (Å²) in [4.78, 5) is 28.0. The van der Waals surface area contributed by atoms with Crippen LogP contribution < -0.4 is 14.4 Å². The molecular weight excluding hydrogens is 430 g/mol. The Kier molecular flexibility index (Phi) is 5.12. The first kappa shape index (κ1) is 20.5. The number of hydrogen-bond acceptors (Lipinski definition) is 5. The van der Waals surface area contributed by atoms with Gasteiger partial charge in [-0.25, -0.2) is 0 Å². The van der Waals surface area contributed by atoms with Crippen LogP contribution in [-0.4, -0.2) is 30.1 Å². The number of ether oxygens (including phenoxy) is 2. The van der Waals surface area contributed by atoms with Crippen molar-refractivity contribution in [2.45, 2.75) is 18.4 Å². The summed E-state index contributed by atoms with van der Waals surface area (Å²) in [5.74, 6) is 0.115. The highest BCUT2D eigenvalue weighted by molar-refractivity contribution is 6.31. The molecule has 0 radical (unpaired) electrons. The fraction of sp³-hybridized carbons (Fsp3) is 0.200. The molecule has 1 atom stereocenters. The number of nitrogens with zero attached hydrogens (tertiary/aromatic N) is 1.